The van der Waals surface area contributed by atoms with Gasteiger partial charge in [0, 0.05) is 28.6 Å². The minimum atomic E-state index is -3.73. The Morgan fingerprint density at radius 1 is 1.18 bits per heavy atom. The van der Waals surface area contributed by atoms with E-state index in [0.29, 0.717) is 40.2 Å². The van der Waals surface area contributed by atoms with Gasteiger partial charge in [0.05, 0.1) is 11.3 Å². The molecule has 0 atom stereocenters. The van der Waals surface area contributed by atoms with Crippen LogP contribution < -0.4 is 16.0 Å². The molecule has 0 spiro atoms. The van der Waals surface area contributed by atoms with Crippen molar-refractivity contribution < 1.29 is 13.2 Å². The maximum Gasteiger partial charge on any atom is 0.255 e. The van der Waals surface area contributed by atoms with Crippen LogP contribution in [0.3, 0.4) is 0 Å². The number of hydrogen-bond donors (Lipinski definition) is 3. The van der Waals surface area contributed by atoms with Gasteiger partial charge in [0.2, 0.25) is 15.9 Å². The molecule has 0 saturated heterocycles. The van der Waals surface area contributed by atoms with Crippen molar-refractivity contribution in [2.45, 2.75) is 35.6 Å². The molecule has 0 radical (unpaired) electrons. The van der Waals surface area contributed by atoms with Crippen LogP contribution in [-0.4, -0.2) is 30.8 Å². The summed E-state index contributed by atoms with van der Waals surface area (Å²) in [5, 5.41) is 8.97. The number of nitrogens with two attached hydrogens (primary N) is 1. The van der Waals surface area contributed by atoms with Crippen molar-refractivity contribution in [3.05, 3.63) is 86.3 Å². The number of primary sulfonamides is 1. The van der Waals surface area contributed by atoms with E-state index in [4.69, 9.17) is 16.7 Å². The molecule has 3 aromatic rings. The molecule has 3 rings (SSSR count). The van der Waals surface area contributed by atoms with E-state index in [9.17, 15) is 18.0 Å². The lowest BCUT2D eigenvalue weighted by molar-refractivity contribution is -0.120. The van der Waals surface area contributed by atoms with E-state index in [2.05, 4.69) is 15.3 Å². The van der Waals surface area contributed by atoms with E-state index in [0.717, 1.165) is 11.1 Å². The number of aromatic amines is 1. The lowest BCUT2D eigenvalue weighted by atomic mass is 10.1. The van der Waals surface area contributed by atoms with Crippen LogP contribution >= 0.6 is 23.4 Å². The first kappa shape index (κ1) is 25.0. The van der Waals surface area contributed by atoms with E-state index in [-0.39, 0.29) is 22.8 Å². The Bertz CT molecular complexity index is 1310. The predicted octanol–water partition coefficient (Wildman–Crippen LogP) is 2.57. The summed E-state index contributed by atoms with van der Waals surface area (Å²) in [5.74, 6) is 0.298. The van der Waals surface area contributed by atoms with Crippen LogP contribution in [0.1, 0.15) is 22.4 Å². The van der Waals surface area contributed by atoms with Crippen LogP contribution in [0.2, 0.25) is 5.02 Å². The minimum Gasteiger partial charge on any atom is -0.355 e. The molecule has 4 N–H and O–H groups in total. The van der Waals surface area contributed by atoms with Gasteiger partial charge in [-0.05, 0) is 48.7 Å². The van der Waals surface area contributed by atoms with Crippen LogP contribution in [0.5, 0.6) is 0 Å². The Kier molecular flexibility index (Phi) is 8.30. The number of nitrogens with zero attached hydrogens (tertiary/aromatic N) is 1. The monoisotopic (exact) mass is 506 g/mol. The molecule has 8 nitrogen and oxygen atoms in total. The zero-order valence-corrected chi connectivity index (χ0v) is 20.2. The van der Waals surface area contributed by atoms with Gasteiger partial charge in [0.15, 0.2) is 5.16 Å². The van der Waals surface area contributed by atoms with Crippen LogP contribution in [0.4, 0.5) is 0 Å². The number of aromatic nitrogens is 2. The molecule has 0 aliphatic carbocycles. The first-order chi connectivity index (χ1) is 15.6. The third-order valence-electron chi connectivity index (χ3n) is 4.79. The number of amides is 1. The zero-order valence-electron chi connectivity index (χ0n) is 17.8. The number of halogens is 1. The van der Waals surface area contributed by atoms with Gasteiger partial charge in [-0.2, -0.15) is 0 Å². The van der Waals surface area contributed by atoms with Crippen LogP contribution in [0.25, 0.3) is 0 Å². The number of carbonyl (C=O) groups excluding carboxylic acids is 1. The van der Waals surface area contributed by atoms with Gasteiger partial charge < -0.3 is 10.3 Å². The smallest absolute Gasteiger partial charge is 0.255 e. The normalized spacial score (nSPS) is 11.4. The van der Waals surface area contributed by atoms with Crippen molar-refractivity contribution in [3.8, 4) is 0 Å². The van der Waals surface area contributed by atoms with Gasteiger partial charge in [0.1, 0.15) is 0 Å². The number of hydrogen-bond acceptors (Lipinski definition) is 6. The largest absolute Gasteiger partial charge is 0.355 e. The van der Waals surface area contributed by atoms with Crippen molar-refractivity contribution in [2.75, 3.05) is 6.54 Å². The third kappa shape index (κ3) is 7.43. The van der Waals surface area contributed by atoms with Crippen molar-refractivity contribution in [1.82, 2.24) is 15.3 Å². The zero-order chi connectivity index (χ0) is 24.0. The Morgan fingerprint density at radius 3 is 2.55 bits per heavy atom. The maximum atomic E-state index is 12.5. The van der Waals surface area contributed by atoms with Crippen LogP contribution in [-0.2, 0) is 33.4 Å². The molecular weight excluding hydrogens is 484 g/mol. The SMILES string of the molecule is Cc1nc(SCc2cccc(Cl)c2)[nH]c(=O)c1CC(=O)NCCc1ccc(S(N)(=O)=O)cc1. The molecule has 0 aliphatic rings. The summed E-state index contributed by atoms with van der Waals surface area (Å²) in [6.45, 7) is 2.04. The first-order valence-corrected chi connectivity index (χ1v) is 12.9. The minimum absolute atomic E-state index is 0.0339. The molecule has 2 aromatic carbocycles. The third-order valence-corrected chi connectivity index (χ3v) is 6.90. The van der Waals surface area contributed by atoms with E-state index < -0.39 is 10.0 Å². The van der Waals surface area contributed by atoms with Crippen molar-refractivity contribution >= 4 is 39.3 Å². The number of thioether (sulfide) groups is 1. The van der Waals surface area contributed by atoms with Gasteiger partial charge >= 0.3 is 0 Å². The highest BCUT2D eigenvalue weighted by Gasteiger charge is 2.13. The number of rotatable bonds is 9. The highest BCUT2D eigenvalue weighted by Crippen LogP contribution is 2.21. The average molecular weight is 507 g/mol. The highest BCUT2D eigenvalue weighted by molar-refractivity contribution is 7.98. The standard InChI is InChI=1S/C22H23ClN4O4S2/c1-14-19(21(29)27-22(26-14)32-13-16-3-2-4-17(23)11-16)12-20(28)25-10-9-15-5-7-18(8-6-15)33(24,30)31/h2-8,11H,9-10,12-13H2,1H3,(H,25,28)(H2,24,30,31)(H,26,27,29). The Morgan fingerprint density at radius 2 is 1.91 bits per heavy atom. The lowest BCUT2D eigenvalue weighted by Crippen LogP contribution is -2.30. The molecule has 0 fully saturated rings. The topological polar surface area (TPSA) is 135 Å². The molecular formula is C22H23ClN4O4S2. The molecule has 0 aliphatic heterocycles. The second-order valence-electron chi connectivity index (χ2n) is 7.32. The van der Waals surface area contributed by atoms with Gasteiger partial charge in [-0.1, -0.05) is 47.6 Å². The van der Waals surface area contributed by atoms with Gasteiger partial charge in [-0.3, -0.25) is 9.59 Å². The van der Waals surface area contributed by atoms with E-state index in [1.165, 1.54) is 23.9 Å². The number of benzene rings is 2. The molecule has 1 amide bonds. The maximum absolute atomic E-state index is 12.5. The van der Waals surface area contributed by atoms with Gasteiger partial charge in [-0.15, -0.1) is 0 Å². The van der Waals surface area contributed by atoms with Crippen molar-refractivity contribution in [3.63, 3.8) is 0 Å². The second kappa shape index (κ2) is 11.0. The number of sulfonamides is 1. The summed E-state index contributed by atoms with van der Waals surface area (Å²) >= 11 is 7.37. The summed E-state index contributed by atoms with van der Waals surface area (Å²) in [7, 11) is -3.73. The average Bonchev–Trinajstić information content (AvgIpc) is 2.75. The van der Waals surface area contributed by atoms with Gasteiger partial charge in [0.25, 0.3) is 5.56 Å². The molecule has 0 saturated carbocycles. The Labute approximate surface area is 201 Å². The number of aryl methyl sites for hydroxylation is 1. The summed E-state index contributed by atoms with van der Waals surface area (Å²) in [6, 6.07) is 13.6. The fourth-order valence-corrected chi connectivity index (χ4v) is 4.63. The molecule has 0 unspecified atom stereocenters. The van der Waals surface area contributed by atoms with E-state index in [1.807, 2.05) is 18.2 Å². The van der Waals surface area contributed by atoms with Crippen LogP contribution in [0, 0.1) is 6.92 Å². The lowest BCUT2D eigenvalue weighted by Gasteiger charge is -2.09. The molecule has 1 aromatic heterocycles. The Hall–Kier alpha value is -2.66. The van der Waals surface area contributed by atoms with Gasteiger partial charge in [-0.25, -0.2) is 18.5 Å². The molecule has 0 bridgehead atoms. The number of H-pyrrole nitrogens is 1. The quantitative estimate of drug-likeness (QED) is 0.301. The summed E-state index contributed by atoms with van der Waals surface area (Å²) in [6.07, 6.45) is 0.418. The highest BCUT2D eigenvalue weighted by atomic mass is 35.5. The molecule has 11 heteroatoms. The van der Waals surface area contributed by atoms with E-state index >= 15 is 0 Å². The van der Waals surface area contributed by atoms with Crippen molar-refractivity contribution in [2.24, 2.45) is 5.14 Å². The molecule has 1 heterocycles. The summed E-state index contributed by atoms with van der Waals surface area (Å²) in [4.78, 5) is 32.0. The first-order valence-electron chi connectivity index (χ1n) is 9.97. The second-order valence-corrected chi connectivity index (χ2v) is 10.3. The number of nitrogens with one attached hydrogen (secondary N) is 2. The van der Waals surface area contributed by atoms with E-state index in [1.54, 1.807) is 25.1 Å². The van der Waals surface area contributed by atoms with Crippen molar-refractivity contribution in [1.29, 1.82) is 0 Å². The fourth-order valence-electron chi connectivity index (χ4n) is 3.05. The molecule has 174 valence electrons. The number of carbonyl (C=O) groups is 1. The van der Waals surface area contributed by atoms with Crippen LogP contribution in [0.15, 0.2) is 63.4 Å². The Balaban J connectivity index is 1.53. The predicted molar refractivity (Wildman–Crippen MR) is 129 cm³/mol. The molecule has 33 heavy (non-hydrogen) atoms. The fraction of sp³-hybridized carbons (Fsp3) is 0.227. The summed E-state index contributed by atoms with van der Waals surface area (Å²) < 4.78 is 22.6. The summed E-state index contributed by atoms with van der Waals surface area (Å²) in [5.41, 5.74) is 2.33.